The number of benzene rings is 3. The second-order valence-electron chi connectivity index (χ2n) is 10.8. The molecule has 0 aliphatic rings. The van der Waals surface area contributed by atoms with Crippen molar-refractivity contribution in [3.63, 3.8) is 0 Å². The lowest BCUT2D eigenvalue weighted by Gasteiger charge is -2.37. The Morgan fingerprint density at radius 1 is 0.805 bits per heavy atom. The first kappa shape index (κ1) is 29.5. The summed E-state index contributed by atoms with van der Waals surface area (Å²) in [6.07, 6.45) is 2.19. The van der Waals surface area contributed by atoms with E-state index in [4.69, 9.17) is 13.9 Å². The van der Waals surface area contributed by atoms with Gasteiger partial charge in [0.15, 0.2) is 11.5 Å². The van der Waals surface area contributed by atoms with E-state index in [-0.39, 0.29) is 18.4 Å². The summed E-state index contributed by atoms with van der Waals surface area (Å²) >= 11 is 0. The van der Waals surface area contributed by atoms with Gasteiger partial charge in [-0.1, -0.05) is 48.5 Å². The van der Waals surface area contributed by atoms with E-state index in [1.165, 1.54) is 0 Å². The SMILES string of the molecule is COc1ccc(CCN(Cc2ccco2)C(=O)CN(C(=O)c2ccc(-c3ccccc3)cc2)C(C)(C)C)cc1OC. The van der Waals surface area contributed by atoms with Crippen molar-refractivity contribution < 1.29 is 23.5 Å². The molecule has 0 radical (unpaired) electrons. The highest BCUT2D eigenvalue weighted by Gasteiger charge is 2.31. The Morgan fingerprint density at radius 3 is 2.10 bits per heavy atom. The van der Waals surface area contributed by atoms with Gasteiger partial charge < -0.3 is 23.7 Å². The molecule has 7 heteroatoms. The average molecular weight is 555 g/mol. The maximum atomic E-state index is 13.8. The van der Waals surface area contributed by atoms with E-state index in [1.54, 1.807) is 36.3 Å². The number of hydrogen-bond donors (Lipinski definition) is 0. The molecule has 7 nitrogen and oxygen atoms in total. The molecule has 0 N–H and O–H groups in total. The van der Waals surface area contributed by atoms with E-state index in [0.717, 1.165) is 16.7 Å². The van der Waals surface area contributed by atoms with Gasteiger partial charge in [0.2, 0.25) is 5.91 Å². The topological polar surface area (TPSA) is 72.2 Å². The van der Waals surface area contributed by atoms with Gasteiger partial charge >= 0.3 is 0 Å². The molecule has 0 aliphatic carbocycles. The Balaban J connectivity index is 1.52. The molecule has 4 rings (SSSR count). The predicted molar refractivity (Wildman–Crippen MR) is 160 cm³/mol. The van der Waals surface area contributed by atoms with Crippen LogP contribution in [0.1, 0.15) is 42.5 Å². The van der Waals surface area contributed by atoms with Crippen LogP contribution in [0.3, 0.4) is 0 Å². The zero-order valence-corrected chi connectivity index (χ0v) is 24.4. The molecule has 4 aromatic rings. The first-order chi connectivity index (χ1) is 19.7. The molecule has 0 bridgehead atoms. The van der Waals surface area contributed by atoms with Crippen molar-refractivity contribution in [3.8, 4) is 22.6 Å². The van der Waals surface area contributed by atoms with Crippen LogP contribution in [0.25, 0.3) is 11.1 Å². The van der Waals surface area contributed by atoms with Crippen LogP contribution in [0.15, 0.2) is 95.6 Å². The summed E-state index contributed by atoms with van der Waals surface area (Å²) in [5.74, 6) is 1.61. The maximum absolute atomic E-state index is 13.8. The van der Waals surface area contributed by atoms with Crippen molar-refractivity contribution in [1.29, 1.82) is 0 Å². The summed E-state index contributed by atoms with van der Waals surface area (Å²) in [4.78, 5) is 30.9. The van der Waals surface area contributed by atoms with Crippen molar-refractivity contribution in [2.24, 2.45) is 0 Å². The van der Waals surface area contributed by atoms with Crippen LogP contribution < -0.4 is 9.47 Å². The van der Waals surface area contributed by atoms with Crippen LogP contribution in [0.2, 0.25) is 0 Å². The molecule has 1 heterocycles. The number of nitrogens with zero attached hydrogens (tertiary/aromatic N) is 2. The van der Waals surface area contributed by atoms with Crippen molar-refractivity contribution in [2.75, 3.05) is 27.3 Å². The molecule has 0 saturated carbocycles. The molecule has 214 valence electrons. The number of carbonyl (C=O) groups excluding carboxylic acids is 2. The van der Waals surface area contributed by atoms with Crippen molar-refractivity contribution >= 4 is 11.8 Å². The van der Waals surface area contributed by atoms with Crippen molar-refractivity contribution in [3.05, 3.63) is 108 Å². The summed E-state index contributed by atoms with van der Waals surface area (Å²) in [6.45, 7) is 6.50. The number of amides is 2. The fourth-order valence-corrected chi connectivity index (χ4v) is 4.62. The van der Waals surface area contributed by atoms with E-state index >= 15 is 0 Å². The third-order valence-corrected chi connectivity index (χ3v) is 6.99. The summed E-state index contributed by atoms with van der Waals surface area (Å²) in [5.41, 5.74) is 3.07. The van der Waals surface area contributed by atoms with Crippen LogP contribution in [-0.4, -0.2) is 54.5 Å². The molecule has 1 aromatic heterocycles. The minimum Gasteiger partial charge on any atom is -0.493 e. The van der Waals surface area contributed by atoms with Crippen molar-refractivity contribution in [1.82, 2.24) is 9.80 Å². The molecule has 0 atom stereocenters. The van der Waals surface area contributed by atoms with Crippen LogP contribution >= 0.6 is 0 Å². The second kappa shape index (κ2) is 13.2. The Labute approximate surface area is 242 Å². The first-order valence-electron chi connectivity index (χ1n) is 13.7. The number of methoxy groups -OCH3 is 2. The number of rotatable bonds is 11. The molecule has 3 aromatic carbocycles. The lowest BCUT2D eigenvalue weighted by Crippen LogP contribution is -2.51. The third-order valence-electron chi connectivity index (χ3n) is 6.99. The van der Waals surface area contributed by atoms with Gasteiger partial charge in [0, 0.05) is 17.6 Å². The molecule has 2 amide bonds. The van der Waals surface area contributed by atoms with Gasteiger partial charge in [-0.15, -0.1) is 0 Å². The maximum Gasteiger partial charge on any atom is 0.254 e. The Kier molecular flexibility index (Phi) is 9.50. The monoisotopic (exact) mass is 554 g/mol. The Hall–Kier alpha value is -4.52. The van der Waals surface area contributed by atoms with Crippen LogP contribution in [0.5, 0.6) is 11.5 Å². The Bertz CT molecular complexity index is 1420. The lowest BCUT2D eigenvalue weighted by molar-refractivity contribution is -0.133. The summed E-state index contributed by atoms with van der Waals surface area (Å²) in [5, 5.41) is 0. The number of hydrogen-bond acceptors (Lipinski definition) is 5. The van der Waals surface area contributed by atoms with E-state index in [1.807, 2.05) is 99.6 Å². The quantitative estimate of drug-likeness (QED) is 0.212. The fraction of sp³-hybridized carbons (Fsp3) is 0.294. The number of ether oxygens (including phenoxy) is 2. The zero-order chi connectivity index (χ0) is 29.4. The summed E-state index contributed by atoms with van der Waals surface area (Å²) in [6, 6.07) is 26.9. The smallest absolute Gasteiger partial charge is 0.254 e. The lowest BCUT2D eigenvalue weighted by atomic mass is 10.0. The minimum absolute atomic E-state index is 0.0601. The Morgan fingerprint density at radius 2 is 1.49 bits per heavy atom. The van der Waals surface area contributed by atoms with E-state index in [2.05, 4.69) is 0 Å². The molecule has 0 spiro atoms. The highest BCUT2D eigenvalue weighted by atomic mass is 16.5. The average Bonchev–Trinajstić information content (AvgIpc) is 3.50. The standard InChI is InChI=1S/C34H38N2O5/c1-34(2,3)36(33(38)28-16-14-27(15-17-28)26-10-7-6-8-11-26)24-32(37)35(23-29-12-9-21-41-29)20-19-25-13-18-30(39-4)31(22-25)40-5/h6-18,21-22H,19-20,23-24H2,1-5H3. The third kappa shape index (κ3) is 7.57. The minimum atomic E-state index is -0.579. The summed E-state index contributed by atoms with van der Waals surface area (Å²) < 4.78 is 16.4. The molecule has 0 saturated heterocycles. The fourth-order valence-electron chi connectivity index (χ4n) is 4.62. The second-order valence-corrected chi connectivity index (χ2v) is 10.8. The van der Waals surface area contributed by atoms with E-state index in [9.17, 15) is 9.59 Å². The van der Waals surface area contributed by atoms with E-state index < -0.39 is 5.54 Å². The predicted octanol–water partition coefficient (Wildman–Crippen LogP) is 6.48. The van der Waals surface area contributed by atoms with Crippen molar-refractivity contribution in [2.45, 2.75) is 39.3 Å². The van der Waals surface area contributed by atoms with Crippen LogP contribution in [0.4, 0.5) is 0 Å². The molecule has 0 aliphatic heterocycles. The molecule has 0 unspecified atom stereocenters. The van der Waals surface area contributed by atoms with Crippen LogP contribution in [-0.2, 0) is 17.8 Å². The summed E-state index contributed by atoms with van der Waals surface area (Å²) in [7, 11) is 3.20. The molecule has 41 heavy (non-hydrogen) atoms. The molecular formula is C34H38N2O5. The molecule has 0 fully saturated rings. The van der Waals surface area contributed by atoms with Gasteiger partial charge in [-0.2, -0.15) is 0 Å². The van der Waals surface area contributed by atoms with Crippen LogP contribution in [0, 0.1) is 0 Å². The first-order valence-corrected chi connectivity index (χ1v) is 13.7. The largest absolute Gasteiger partial charge is 0.493 e. The van der Waals surface area contributed by atoms with Gasteiger partial charge in [-0.25, -0.2) is 0 Å². The highest BCUT2D eigenvalue weighted by molar-refractivity contribution is 5.97. The van der Waals surface area contributed by atoms with Gasteiger partial charge in [0.05, 0.1) is 27.0 Å². The highest BCUT2D eigenvalue weighted by Crippen LogP contribution is 2.28. The van der Waals surface area contributed by atoms with E-state index in [0.29, 0.717) is 42.3 Å². The number of furan rings is 1. The number of carbonyl (C=O) groups is 2. The van der Waals surface area contributed by atoms with Gasteiger partial charge in [0.1, 0.15) is 12.3 Å². The zero-order valence-electron chi connectivity index (χ0n) is 24.4. The normalized spacial score (nSPS) is 11.1. The van der Waals surface area contributed by atoms with Gasteiger partial charge in [-0.3, -0.25) is 9.59 Å². The van der Waals surface area contributed by atoms with Gasteiger partial charge in [0.25, 0.3) is 5.91 Å². The van der Waals surface area contributed by atoms with Gasteiger partial charge in [-0.05, 0) is 80.3 Å². The molecular weight excluding hydrogens is 516 g/mol.